The number of Topliss-reactive ketones (excluding diaryl/α,β-unsaturated/α-hetero) is 2. The molecule has 1 heterocycles. The number of carbonyl (C=O) groups is 2. The average molecular weight is 372 g/mol. The third-order valence-corrected chi connectivity index (χ3v) is 5.25. The van der Waals surface area contributed by atoms with Crippen LogP contribution in [0.15, 0.2) is 12.2 Å². The molecule has 1 aliphatic heterocycles. The topological polar surface area (TPSA) is 128 Å². The second-order valence-electron chi connectivity index (χ2n) is 7.20. The number of aliphatic hydroxyl groups excluding tert-OH is 4. The van der Waals surface area contributed by atoms with Crippen LogP contribution in [0.25, 0.3) is 0 Å². The molecule has 0 bridgehead atoms. The molecule has 150 valence electrons. The molecule has 1 rings (SSSR count). The minimum absolute atomic E-state index is 0.0236. The molecule has 0 radical (unpaired) electrons. The Labute approximate surface area is 154 Å². The fraction of sp³-hybridized carbons (Fsp3) is 0.789. The van der Waals surface area contributed by atoms with Gasteiger partial charge in [0, 0.05) is 18.8 Å². The fourth-order valence-electron chi connectivity index (χ4n) is 3.45. The van der Waals surface area contributed by atoms with Gasteiger partial charge in [0.2, 0.25) is 0 Å². The van der Waals surface area contributed by atoms with Gasteiger partial charge in [-0.15, -0.1) is 0 Å². The highest BCUT2D eigenvalue weighted by atomic mass is 16.6. The Hall–Kier alpha value is -1.12. The summed E-state index contributed by atoms with van der Waals surface area (Å²) in [5.74, 6) is -3.34. The van der Waals surface area contributed by atoms with Crippen LogP contribution in [-0.4, -0.2) is 69.1 Å². The van der Waals surface area contributed by atoms with Crippen molar-refractivity contribution in [1.82, 2.24) is 0 Å². The van der Waals surface area contributed by atoms with E-state index in [-0.39, 0.29) is 30.6 Å². The summed E-state index contributed by atoms with van der Waals surface area (Å²) in [6.07, 6.45) is 0.816. The standard InChI is InChI=1S/C19H32O7/c1-5-7-11(3)18-19(4,26-18)17(25)14(10-21)16(24)13(9-20)15(23)8-12(22)6-2/h5,7,11,13-15,17-18,20-21,23,25H,6,8-10H2,1-4H3/b7-5-/t11-,13-,14-,15+,17-,18+,19+/m0/s1. The zero-order chi connectivity index (χ0) is 20.1. The van der Waals surface area contributed by atoms with Crippen LogP contribution >= 0.6 is 0 Å². The maximum absolute atomic E-state index is 12.7. The van der Waals surface area contributed by atoms with Gasteiger partial charge in [-0.3, -0.25) is 9.59 Å². The zero-order valence-corrected chi connectivity index (χ0v) is 16.0. The molecule has 1 saturated heterocycles. The van der Waals surface area contributed by atoms with E-state index >= 15 is 0 Å². The molecule has 0 saturated carbocycles. The first-order chi connectivity index (χ1) is 12.2. The Balaban J connectivity index is 2.88. The van der Waals surface area contributed by atoms with E-state index in [2.05, 4.69) is 0 Å². The van der Waals surface area contributed by atoms with E-state index in [1.807, 2.05) is 26.0 Å². The summed E-state index contributed by atoms with van der Waals surface area (Å²) in [4.78, 5) is 24.2. The molecule has 0 aliphatic carbocycles. The van der Waals surface area contributed by atoms with Crippen molar-refractivity contribution in [2.75, 3.05) is 13.2 Å². The van der Waals surface area contributed by atoms with Gasteiger partial charge in [0.15, 0.2) is 0 Å². The number of carbonyl (C=O) groups excluding carboxylic acids is 2. The van der Waals surface area contributed by atoms with Crippen LogP contribution in [0.4, 0.5) is 0 Å². The summed E-state index contributed by atoms with van der Waals surface area (Å²) >= 11 is 0. The Morgan fingerprint density at radius 2 is 1.77 bits per heavy atom. The third-order valence-electron chi connectivity index (χ3n) is 5.25. The minimum atomic E-state index is -1.35. The van der Waals surface area contributed by atoms with E-state index in [0.717, 1.165) is 0 Å². The summed E-state index contributed by atoms with van der Waals surface area (Å²) in [5.41, 5.74) is -0.994. The van der Waals surface area contributed by atoms with Gasteiger partial charge in [-0.05, 0) is 13.8 Å². The smallest absolute Gasteiger partial charge is 0.148 e. The predicted molar refractivity (Wildman–Crippen MR) is 95.3 cm³/mol. The van der Waals surface area contributed by atoms with E-state index in [4.69, 9.17) is 4.74 Å². The Bertz CT molecular complexity index is 518. The molecular weight excluding hydrogens is 340 g/mol. The predicted octanol–water partition coefficient (Wildman–Crippen LogP) is 0.233. The molecule has 26 heavy (non-hydrogen) atoms. The van der Waals surface area contributed by atoms with Crippen LogP contribution in [0.2, 0.25) is 0 Å². The lowest BCUT2D eigenvalue weighted by molar-refractivity contribution is -0.140. The molecule has 7 heteroatoms. The Morgan fingerprint density at radius 3 is 2.23 bits per heavy atom. The highest BCUT2D eigenvalue weighted by Crippen LogP contribution is 2.46. The van der Waals surface area contributed by atoms with E-state index in [1.165, 1.54) is 0 Å². The molecule has 4 N–H and O–H groups in total. The number of allylic oxidation sites excluding steroid dienone is 1. The zero-order valence-electron chi connectivity index (χ0n) is 16.0. The second kappa shape index (κ2) is 9.71. The molecule has 7 atom stereocenters. The van der Waals surface area contributed by atoms with Gasteiger partial charge >= 0.3 is 0 Å². The van der Waals surface area contributed by atoms with Gasteiger partial charge < -0.3 is 25.2 Å². The van der Waals surface area contributed by atoms with Crippen molar-refractivity contribution in [3.63, 3.8) is 0 Å². The number of epoxide rings is 1. The number of ether oxygens (including phenoxy) is 1. The first kappa shape index (κ1) is 22.9. The molecule has 7 nitrogen and oxygen atoms in total. The van der Waals surface area contributed by atoms with E-state index in [9.17, 15) is 30.0 Å². The number of hydrogen-bond acceptors (Lipinski definition) is 7. The summed E-state index contributed by atoms with van der Waals surface area (Å²) in [5, 5.41) is 40.0. The van der Waals surface area contributed by atoms with Crippen molar-refractivity contribution in [1.29, 1.82) is 0 Å². The maximum atomic E-state index is 12.7. The Kier molecular flexibility index (Phi) is 8.56. The van der Waals surface area contributed by atoms with Crippen molar-refractivity contribution >= 4 is 11.6 Å². The highest BCUT2D eigenvalue weighted by molar-refractivity contribution is 5.86. The molecule has 0 aromatic rings. The normalized spacial score (nSPS) is 28.4. The van der Waals surface area contributed by atoms with E-state index in [1.54, 1.807) is 13.8 Å². The van der Waals surface area contributed by atoms with Crippen molar-refractivity contribution < 1.29 is 34.8 Å². The minimum Gasteiger partial charge on any atom is -0.396 e. The van der Waals surface area contributed by atoms with Gasteiger partial charge in [-0.1, -0.05) is 26.0 Å². The first-order valence-corrected chi connectivity index (χ1v) is 9.11. The van der Waals surface area contributed by atoms with Crippen molar-refractivity contribution in [3.8, 4) is 0 Å². The molecule has 1 fully saturated rings. The second-order valence-corrected chi connectivity index (χ2v) is 7.20. The van der Waals surface area contributed by atoms with E-state index in [0.29, 0.717) is 0 Å². The van der Waals surface area contributed by atoms with Crippen molar-refractivity contribution in [2.45, 2.75) is 64.4 Å². The monoisotopic (exact) mass is 372 g/mol. The Morgan fingerprint density at radius 1 is 1.19 bits per heavy atom. The van der Waals surface area contributed by atoms with Crippen molar-refractivity contribution in [2.24, 2.45) is 17.8 Å². The van der Waals surface area contributed by atoms with Crippen LogP contribution < -0.4 is 0 Å². The molecule has 0 aromatic carbocycles. The van der Waals surface area contributed by atoms with Crippen LogP contribution in [0.5, 0.6) is 0 Å². The van der Waals surface area contributed by atoms with Gasteiger partial charge in [-0.2, -0.15) is 0 Å². The van der Waals surface area contributed by atoms with Crippen LogP contribution in [-0.2, 0) is 14.3 Å². The van der Waals surface area contributed by atoms with Crippen LogP contribution in [0, 0.1) is 17.8 Å². The first-order valence-electron chi connectivity index (χ1n) is 9.11. The lowest BCUT2D eigenvalue weighted by Gasteiger charge is -2.28. The lowest BCUT2D eigenvalue weighted by Crippen LogP contribution is -2.47. The van der Waals surface area contributed by atoms with Crippen molar-refractivity contribution in [3.05, 3.63) is 12.2 Å². The van der Waals surface area contributed by atoms with E-state index < -0.39 is 48.6 Å². The SMILES string of the molecule is C/C=C\[C@H](C)[C@H]1O[C@]1(C)[C@@H](O)[C@@H](CO)C(=O)[C@@H](CO)[C@H](O)CC(=O)CC. The maximum Gasteiger partial charge on any atom is 0.148 e. The fourth-order valence-corrected chi connectivity index (χ4v) is 3.45. The number of rotatable bonds is 12. The largest absolute Gasteiger partial charge is 0.396 e. The van der Waals surface area contributed by atoms with Gasteiger partial charge in [0.25, 0.3) is 0 Å². The number of hydrogen-bond donors (Lipinski definition) is 4. The molecule has 0 aromatic heterocycles. The summed E-state index contributed by atoms with van der Waals surface area (Å²) < 4.78 is 5.63. The molecule has 1 aliphatic rings. The molecule has 0 amide bonds. The van der Waals surface area contributed by atoms with Gasteiger partial charge in [0.05, 0.1) is 43.4 Å². The summed E-state index contributed by atoms with van der Waals surface area (Å²) in [7, 11) is 0. The number of aliphatic hydroxyl groups is 4. The lowest BCUT2D eigenvalue weighted by atomic mass is 9.79. The summed E-state index contributed by atoms with van der Waals surface area (Å²) in [6.45, 7) is 5.79. The van der Waals surface area contributed by atoms with Crippen LogP contribution in [0.1, 0.15) is 40.5 Å². The molecule has 0 unspecified atom stereocenters. The molecule has 0 spiro atoms. The highest BCUT2D eigenvalue weighted by Gasteiger charge is 2.61. The van der Waals surface area contributed by atoms with Gasteiger partial charge in [0.1, 0.15) is 17.2 Å². The average Bonchev–Trinajstić information content (AvgIpc) is 3.29. The third kappa shape index (κ3) is 4.98. The quantitative estimate of drug-likeness (QED) is 0.285. The van der Waals surface area contributed by atoms with Gasteiger partial charge in [-0.25, -0.2) is 0 Å². The number of ketones is 2. The van der Waals surface area contributed by atoms with Crippen LogP contribution in [0.3, 0.4) is 0 Å². The summed E-state index contributed by atoms with van der Waals surface area (Å²) in [6, 6.07) is 0. The molecular formula is C19H32O7.